The average Bonchev–Trinajstić information content (AvgIpc) is 3.32. The van der Waals surface area contributed by atoms with Gasteiger partial charge >= 0.3 is 0 Å². The highest BCUT2D eigenvalue weighted by Crippen LogP contribution is 2.29. The predicted octanol–water partition coefficient (Wildman–Crippen LogP) is 4.84. The number of hydrogen-bond donors (Lipinski definition) is 1. The maximum absolute atomic E-state index is 12.7. The molecule has 0 atom stereocenters. The zero-order valence-corrected chi connectivity index (χ0v) is 14.9. The van der Waals surface area contributed by atoms with Crippen molar-refractivity contribution >= 4 is 16.9 Å². The van der Waals surface area contributed by atoms with Gasteiger partial charge in [0.2, 0.25) is 0 Å². The lowest BCUT2D eigenvalue weighted by atomic mass is 10.1. The van der Waals surface area contributed by atoms with Gasteiger partial charge in [-0.3, -0.25) is 4.79 Å². The number of amides is 1. The first-order chi connectivity index (χ1) is 13.2. The monoisotopic (exact) mass is 361 g/mol. The smallest absolute Gasteiger partial charge is 0.255 e. The molecule has 0 spiro atoms. The molecule has 0 radical (unpaired) electrons. The van der Waals surface area contributed by atoms with Crippen molar-refractivity contribution in [2.24, 2.45) is 0 Å². The van der Waals surface area contributed by atoms with Crippen LogP contribution in [0.25, 0.3) is 11.0 Å². The Kier molecular flexibility index (Phi) is 4.66. The second-order valence-electron chi connectivity index (χ2n) is 6.23. The number of ether oxygens (including phenoxy) is 1. The van der Waals surface area contributed by atoms with Crippen molar-refractivity contribution in [2.75, 3.05) is 0 Å². The fraction of sp³-hybridized carbons (Fsp3) is 0.136. The Morgan fingerprint density at radius 2 is 1.93 bits per heavy atom. The zero-order chi connectivity index (χ0) is 18.6. The fourth-order valence-corrected chi connectivity index (χ4v) is 2.98. The number of rotatable bonds is 6. The van der Waals surface area contributed by atoms with Crippen LogP contribution in [0.4, 0.5) is 0 Å². The van der Waals surface area contributed by atoms with Gasteiger partial charge in [-0.25, -0.2) is 0 Å². The van der Waals surface area contributed by atoms with Crippen LogP contribution in [-0.4, -0.2) is 5.91 Å². The molecule has 0 unspecified atom stereocenters. The summed E-state index contributed by atoms with van der Waals surface area (Å²) < 4.78 is 16.9. The summed E-state index contributed by atoms with van der Waals surface area (Å²) in [6.45, 7) is 2.57. The molecule has 4 rings (SSSR count). The van der Waals surface area contributed by atoms with E-state index in [1.807, 2.05) is 54.6 Å². The number of aryl methyl sites for hydroxylation is 1. The Bertz CT molecular complexity index is 1050. The van der Waals surface area contributed by atoms with E-state index in [4.69, 9.17) is 13.6 Å². The second-order valence-corrected chi connectivity index (χ2v) is 6.23. The van der Waals surface area contributed by atoms with E-state index in [0.29, 0.717) is 41.6 Å². The van der Waals surface area contributed by atoms with Crippen molar-refractivity contribution < 1.29 is 18.4 Å². The van der Waals surface area contributed by atoms with E-state index < -0.39 is 0 Å². The van der Waals surface area contributed by atoms with Gasteiger partial charge in [-0.15, -0.1) is 0 Å². The first kappa shape index (κ1) is 17.0. The summed E-state index contributed by atoms with van der Waals surface area (Å²) in [5.41, 5.74) is 2.25. The molecular formula is C22H19NO4. The van der Waals surface area contributed by atoms with Crippen molar-refractivity contribution in [3.8, 4) is 5.75 Å². The summed E-state index contributed by atoms with van der Waals surface area (Å²) in [6, 6.07) is 19.1. The molecule has 2 heterocycles. The fourth-order valence-electron chi connectivity index (χ4n) is 2.98. The number of nitrogens with one attached hydrogen (secondary N) is 1. The van der Waals surface area contributed by atoms with Crippen molar-refractivity contribution in [2.45, 2.75) is 20.1 Å². The highest BCUT2D eigenvalue weighted by molar-refractivity contribution is 6.07. The van der Waals surface area contributed by atoms with Crippen LogP contribution in [0.15, 0.2) is 75.8 Å². The molecular weight excluding hydrogens is 342 g/mol. The van der Waals surface area contributed by atoms with Crippen LogP contribution in [0.1, 0.15) is 27.4 Å². The minimum Gasteiger partial charge on any atom is -0.489 e. The summed E-state index contributed by atoms with van der Waals surface area (Å²) in [6.07, 6.45) is 1.58. The molecule has 0 bridgehead atoms. The highest BCUT2D eigenvalue weighted by Gasteiger charge is 2.19. The number of hydrogen-bond acceptors (Lipinski definition) is 4. The van der Waals surface area contributed by atoms with Gasteiger partial charge in [-0.1, -0.05) is 30.3 Å². The number of carbonyl (C=O) groups is 1. The van der Waals surface area contributed by atoms with Gasteiger partial charge in [0, 0.05) is 5.39 Å². The largest absolute Gasteiger partial charge is 0.489 e. The number of fused-ring (bicyclic) bond motifs is 1. The number of benzene rings is 2. The Balaban J connectivity index is 1.54. The quantitative estimate of drug-likeness (QED) is 0.533. The summed E-state index contributed by atoms with van der Waals surface area (Å²) >= 11 is 0. The Hall–Kier alpha value is -3.47. The molecule has 0 saturated carbocycles. The molecule has 0 aliphatic carbocycles. The lowest BCUT2D eigenvalue weighted by molar-refractivity contribution is 0.0948. The van der Waals surface area contributed by atoms with Crippen LogP contribution in [0.2, 0.25) is 0 Å². The Morgan fingerprint density at radius 3 is 2.70 bits per heavy atom. The van der Waals surface area contributed by atoms with Crippen LogP contribution in [0, 0.1) is 6.92 Å². The molecule has 1 amide bonds. The molecule has 5 nitrogen and oxygen atoms in total. The van der Waals surface area contributed by atoms with Gasteiger partial charge in [-0.2, -0.15) is 0 Å². The van der Waals surface area contributed by atoms with E-state index in [1.54, 1.807) is 19.3 Å². The van der Waals surface area contributed by atoms with E-state index in [9.17, 15) is 4.79 Å². The van der Waals surface area contributed by atoms with Gasteiger partial charge < -0.3 is 18.9 Å². The first-order valence-corrected chi connectivity index (χ1v) is 8.71. The standard InChI is InChI=1S/C22H19NO4/c1-15-21(22(24)23-13-18-8-5-11-25-18)19-12-17(9-10-20(19)27-15)26-14-16-6-3-2-4-7-16/h2-12H,13-14H2,1H3,(H,23,24). The lowest BCUT2D eigenvalue weighted by Gasteiger charge is -2.07. The van der Waals surface area contributed by atoms with Crippen LogP contribution in [-0.2, 0) is 13.2 Å². The molecule has 0 saturated heterocycles. The molecule has 0 fully saturated rings. The van der Waals surface area contributed by atoms with Gasteiger partial charge in [0.15, 0.2) is 0 Å². The molecule has 1 N–H and O–H groups in total. The molecule has 0 aliphatic heterocycles. The maximum atomic E-state index is 12.7. The van der Waals surface area contributed by atoms with Crippen LogP contribution in [0.3, 0.4) is 0 Å². The molecule has 5 heteroatoms. The number of furan rings is 2. The van der Waals surface area contributed by atoms with E-state index in [-0.39, 0.29) is 5.91 Å². The minimum absolute atomic E-state index is 0.206. The molecule has 2 aromatic carbocycles. The van der Waals surface area contributed by atoms with Crippen molar-refractivity contribution in [3.05, 3.63) is 89.6 Å². The maximum Gasteiger partial charge on any atom is 0.255 e. The lowest BCUT2D eigenvalue weighted by Crippen LogP contribution is -2.22. The van der Waals surface area contributed by atoms with Crippen molar-refractivity contribution in [1.82, 2.24) is 5.32 Å². The van der Waals surface area contributed by atoms with Gasteiger partial charge in [0.25, 0.3) is 5.91 Å². The SMILES string of the molecule is Cc1oc2ccc(OCc3ccccc3)cc2c1C(=O)NCc1ccco1. The van der Waals surface area contributed by atoms with E-state index in [1.165, 1.54) is 0 Å². The predicted molar refractivity (Wildman–Crippen MR) is 102 cm³/mol. The van der Waals surface area contributed by atoms with E-state index in [0.717, 1.165) is 10.9 Å². The summed E-state index contributed by atoms with van der Waals surface area (Å²) in [7, 11) is 0. The number of carbonyl (C=O) groups excluding carboxylic acids is 1. The summed E-state index contributed by atoms with van der Waals surface area (Å²) in [5, 5.41) is 3.60. The zero-order valence-electron chi connectivity index (χ0n) is 14.9. The molecule has 27 heavy (non-hydrogen) atoms. The van der Waals surface area contributed by atoms with Crippen LogP contribution in [0.5, 0.6) is 5.75 Å². The summed E-state index contributed by atoms with van der Waals surface area (Å²) in [5.74, 6) is 1.75. The van der Waals surface area contributed by atoms with Gasteiger partial charge in [0.05, 0.1) is 18.4 Å². The molecule has 136 valence electrons. The third kappa shape index (κ3) is 3.72. The third-order valence-corrected chi connectivity index (χ3v) is 4.31. The Morgan fingerprint density at radius 1 is 1.07 bits per heavy atom. The van der Waals surface area contributed by atoms with Gasteiger partial charge in [-0.05, 0) is 42.8 Å². The third-order valence-electron chi connectivity index (χ3n) is 4.31. The van der Waals surface area contributed by atoms with Gasteiger partial charge in [0.1, 0.15) is 29.5 Å². The highest BCUT2D eigenvalue weighted by atomic mass is 16.5. The normalized spacial score (nSPS) is 10.9. The average molecular weight is 361 g/mol. The second kappa shape index (κ2) is 7.41. The van der Waals surface area contributed by atoms with Crippen LogP contribution < -0.4 is 10.1 Å². The summed E-state index contributed by atoms with van der Waals surface area (Å²) in [4.78, 5) is 12.7. The molecule has 0 aliphatic rings. The van der Waals surface area contributed by atoms with Crippen molar-refractivity contribution in [3.63, 3.8) is 0 Å². The topological polar surface area (TPSA) is 64.6 Å². The molecule has 2 aromatic heterocycles. The molecule has 4 aromatic rings. The van der Waals surface area contributed by atoms with Crippen LogP contribution >= 0.6 is 0 Å². The first-order valence-electron chi connectivity index (χ1n) is 8.71. The Labute approximate surface area is 156 Å². The van der Waals surface area contributed by atoms with E-state index in [2.05, 4.69) is 5.32 Å². The van der Waals surface area contributed by atoms with E-state index >= 15 is 0 Å². The van der Waals surface area contributed by atoms with Crippen molar-refractivity contribution in [1.29, 1.82) is 0 Å². The minimum atomic E-state index is -0.206.